The molecule has 1 saturated heterocycles. The Morgan fingerprint density at radius 3 is 2.86 bits per heavy atom. The van der Waals surface area contributed by atoms with Crippen LogP contribution in [0.3, 0.4) is 0 Å². The number of piperidine rings is 1. The number of likely N-dealkylation sites (tertiary alicyclic amines) is 1. The Morgan fingerprint density at radius 1 is 1.24 bits per heavy atom. The summed E-state index contributed by atoms with van der Waals surface area (Å²) in [4.78, 5) is 19.1. The summed E-state index contributed by atoms with van der Waals surface area (Å²) in [5.74, 6) is 1.09. The molecule has 1 aliphatic heterocycles. The van der Waals surface area contributed by atoms with Gasteiger partial charge in [-0.3, -0.25) is 0 Å². The summed E-state index contributed by atoms with van der Waals surface area (Å²) >= 11 is 0. The zero-order valence-corrected chi connectivity index (χ0v) is 16.0. The largest absolute Gasteiger partial charge is 0.497 e. The van der Waals surface area contributed by atoms with Gasteiger partial charge in [-0.2, -0.15) is 4.98 Å². The van der Waals surface area contributed by atoms with Crippen LogP contribution in [0.5, 0.6) is 5.75 Å². The molecule has 0 aliphatic carbocycles. The number of halogens is 1. The topological polar surface area (TPSA) is 80.5 Å². The van der Waals surface area contributed by atoms with E-state index >= 15 is 0 Å². The molecule has 0 unspecified atom stereocenters. The van der Waals surface area contributed by atoms with Crippen LogP contribution < -0.4 is 10.1 Å². The van der Waals surface area contributed by atoms with Crippen molar-refractivity contribution < 1.29 is 18.4 Å². The van der Waals surface area contributed by atoms with E-state index in [1.54, 1.807) is 36.3 Å². The molecule has 4 rings (SSSR count). The second kappa shape index (κ2) is 8.30. The SMILES string of the molecule is COc1cccc(NC(=O)N2CCCC[C@@H]2c2nc(-c3ccc(F)cc3)no2)c1. The summed E-state index contributed by atoms with van der Waals surface area (Å²) in [6.07, 6.45) is 2.60. The number of nitrogens with one attached hydrogen (secondary N) is 1. The van der Waals surface area contributed by atoms with Gasteiger partial charge in [-0.15, -0.1) is 0 Å². The van der Waals surface area contributed by atoms with Crippen LogP contribution in [0.15, 0.2) is 53.1 Å². The first-order valence-electron chi connectivity index (χ1n) is 9.45. The molecule has 0 spiro atoms. The maximum atomic E-state index is 13.1. The molecule has 8 heteroatoms. The van der Waals surface area contributed by atoms with Gasteiger partial charge < -0.3 is 19.5 Å². The van der Waals surface area contributed by atoms with Gasteiger partial charge in [0.05, 0.1) is 7.11 Å². The number of carbonyl (C=O) groups excluding carboxylic acids is 1. The molecule has 1 atom stereocenters. The lowest BCUT2D eigenvalue weighted by molar-refractivity contribution is 0.142. The maximum absolute atomic E-state index is 13.1. The van der Waals surface area contributed by atoms with Crippen LogP contribution in [0.1, 0.15) is 31.2 Å². The average Bonchev–Trinajstić information content (AvgIpc) is 3.24. The number of carbonyl (C=O) groups is 1. The lowest BCUT2D eigenvalue weighted by atomic mass is 10.0. The van der Waals surface area contributed by atoms with Gasteiger partial charge in [0.25, 0.3) is 0 Å². The Hall–Kier alpha value is -3.42. The van der Waals surface area contributed by atoms with E-state index in [1.807, 2.05) is 12.1 Å². The van der Waals surface area contributed by atoms with Crippen molar-refractivity contribution in [2.24, 2.45) is 0 Å². The van der Waals surface area contributed by atoms with E-state index in [0.717, 1.165) is 19.3 Å². The third kappa shape index (κ3) is 4.21. The average molecular weight is 396 g/mol. The predicted molar refractivity (Wildman–Crippen MR) is 105 cm³/mol. The molecule has 1 N–H and O–H groups in total. The normalized spacial score (nSPS) is 16.5. The molecule has 1 aliphatic rings. The maximum Gasteiger partial charge on any atom is 0.322 e. The van der Waals surface area contributed by atoms with Crippen LogP contribution in [0.4, 0.5) is 14.9 Å². The number of anilines is 1. The number of aromatic nitrogens is 2. The standard InChI is InChI=1S/C21H21FN4O3/c1-28-17-6-4-5-16(13-17)23-21(27)26-12-3-2-7-18(26)20-24-19(25-29-20)14-8-10-15(22)11-9-14/h4-6,8-11,13,18H,2-3,7,12H2,1H3,(H,23,27)/t18-/m1/s1. The van der Waals surface area contributed by atoms with Crippen LogP contribution in [-0.4, -0.2) is 34.7 Å². The third-order valence-electron chi connectivity index (χ3n) is 4.91. The molecule has 7 nitrogen and oxygen atoms in total. The van der Waals surface area contributed by atoms with Crippen molar-refractivity contribution in [2.45, 2.75) is 25.3 Å². The van der Waals surface area contributed by atoms with Crippen molar-refractivity contribution in [2.75, 3.05) is 19.0 Å². The first-order chi connectivity index (χ1) is 14.1. The van der Waals surface area contributed by atoms with E-state index in [4.69, 9.17) is 9.26 Å². The van der Waals surface area contributed by atoms with Gasteiger partial charge in [0.1, 0.15) is 17.6 Å². The number of ether oxygens (including phenoxy) is 1. The van der Waals surface area contributed by atoms with Crippen LogP contribution in [0, 0.1) is 5.82 Å². The van der Waals surface area contributed by atoms with Crippen LogP contribution in [0.2, 0.25) is 0 Å². The molecule has 2 heterocycles. The highest BCUT2D eigenvalue weighted by Crippen LogP contribution is 2.32. The highest BCUT2D eigenvalue weighted by molar-refractivity contribution is 5.89. The van der Waals surface area contributed by atoms with E-state index in [2.05, 4.69) is 15.5 Å². The minimum atomic E-state index is -0.329. The Labute approximate surface area is 167 Å². The van der Waals surface area contributed by atoms with Crippen molar-refractivity contribution in [3.63, 3.8) is 0 Å². The number of methoxy groups -OCH3 is 1. The van der Waals surface area contributed by atoms with Crippen molar-refractivity contribution in [3.05, 3.63) is 60.2 Å². The molecule has 1 aromatic heterocycles. The van der Waals surface area contributed by atoms with E-state index in [9.17, 15) is 9.18 Å². The van der Waals surface area contributed by atoms with E-state index < -0.39 is 0 Å². The molecule has 0 radical (unpaired) electrons. The zero-order valence-electron chi connectivity index (χ0n) is 16.0. The fraction of sp³-hybridized carbons (Fsp3) is 0.286. The molecule has 1 fully saturated rings. The van der Waals surface area contributed by atoms with Gasteiger partial charge in [-0.25, -0.2) is 9.18 Å². The molecule has 29 heavy (non-hydrogen) atoms. The predicted octanol–water partition coefficient (Wildman–Crippen LogP) is 4.64. The van der Waals surface area contributed by atoms with E-state index in [1.165, 1.54) is 12.1 Å². The molecule has 0 saturated carbocycles. The monoisotopic (exact) mass is 396 g/mol. The van der Waals surface area contributed by atoms with E-state index in [-0.39, 0.29) is 17.9 Å². The number of urea groups is 1. The Bertz CT molecular complexity index is 990. The van der Waals surface area contributed by atoms with E-state index in [0.29, 0.717) is 35.3 Å². The minimum absolute atomic E-state index is 0.232. The first-order valence-corrected chi connectivity index (χ1v) is 9.45. The lowest BCUT2D eigenvalue weighted by Gasteiger charge is -2.33. The molecule has 2 aromatic carbocycles. The summed E-state index contributed by atoms with van der Waals surface area (Å²) in [6.45, 7) is 0.592. The van der Waals surface area contributed by atoms with Crippen molar-refractivity contribution in [3.8, 4) is 17.1 Å². The molecule has 150 valence electrons. The highest BCUT2D eigenvalue weighted by Gasteiger charge is 2.32. The minimum Gasteiger partial charge on any atom is -0.497 e. The van der Waals surface area contributed by atoms with Gasteiger partial charge in [0.15, 0.2) is 0 Å². The molecule has 3 aromatic rings. The first kappa shape index (κ1) is 18.9. The van der Waals surface area contributed by atoms with Crippen molar-refractivity contribution in [1.29, 1.82) is 0 Å². The van der Waals surface area contributed by atoms with Crippen LogP contribution >= 0.6 is 0 Å². The van der Waals surface area contributed by atoms with Crippen LogP contribution in [0.25, 0.3) is 11.4 Å². The molecular weight excluding hydrogens is 375 g/mol. The van der Waals surface area contributed by atoms with Crippen molar-refractivity contribution >= 4 is 11.7 Å². The fourth-order valence-corrected chi connectivity index (χ4v) is 3.41. The van der Waals surface area contributed by atoms with Gasteiger partial charge in [0, 0.05) is 23.9 Å². The van der Waals surface area contributed by atoms with Gasteiger partial charge in [-0.1, -0.05) is 11.2 Å². The van der Waals surface area contributed by atoms with Gasteiger partial charge >= 0.3 is 6.03 Å². The van der Waals surface area contributed by atoms with Crippen LogP contribution in [-0.2, 0) is 0 Å². The quantitative estimate of drug-likeness (QED) is 0.695. The molecular formula is C21H21FN4O3. The smallest absolute Gasteiger partial charge is 0.322 e. The number of rotatable bonds is 4. The Kier molecular flexibility index (Phi) is 5.41. The second-order valence-electron chi connectivity index (χ2n) is 6.83. The number of amides is 2. The highest BCUT2D eigenvalue weighted by atomic mass is 19.1. The number of hydrogen-bond acceptors (Lipinski definition) is 5. The summed E-state index contributed by atoms with van der Waals surface area (Å²) in [5.41, 5.74) is 1.31. The second-order valence-corrected chi connectivity index (χ2v) is 6.83. The summed E-state index contributed by atoms with van der Waals surface area (Å²) in [7, 11) is 1.58. The number of hydrogen-bond donors (Lipinski definition) is 1. The number of nitrogens with zero attached hydrogens (tertiary/aromatic N) is 3. The molecule has 2 amide bonds. The molecule has 0 bridgehead atoms. The summed E-state index contributed by atoms with van der Waals surface area (Å²) in [6, 6.07) is 12.5. The third-order valence-corrected chi connectivity index (χ3v) is 4.91. The fourth-order valence-electron chi connectivity index (χ4n) is 3.41. The summed E-state index contributed by atoms with van der Waals surface area (Å²) in [5, 5.41) is 6.91. The van der Waals surface area contributed by atoms with Gasteiger partial charge in [0.2, 0.25) is 11.7 Å². The zero-order chi connectivity index (χ0) is 20.2. The lowest BCUT2D eigenvalue weighted by Crippen LogP contribution is -2.41. The summed E-state index contributed by atoms with van der Waals surface area (Å²) < 4.78 is 23.8. The van der Waals surface area contributed by atoms with Crippen molar-refractivity contribution in [1.82, 2.24) is 15.0 Å². The Morgan fingerprint density at radius 2 is 2.07 bits per heavy atom. The van der Waals surface area contributed by atoms with Gasteiger partial charge in [-0.05, 0) is 55.7 Å². The number of benzene rings is 2. The Balaban J connectivity index is 1.53.